The molecule has 3 N–H and O–H groups in total. The highest BCUT2D eigenvalue weighted by Crippen LogP contribution is 2.24. The lowest BCUT2D eigenvalue weighted by molar-refractivity contribution is -0.122. The SMILES string of the molecule is CCC1(C)CCSC(=NCCOCC(N)=O)N1. The third-order valence-electron chi connectivity index (χ3n) is 2.82. The van der Waals surface area contributed by atoms with Crippen molar-refractivity contribution in [3.05, 3.63) is 0 Å². The molecule has 0 saturated carbocycles. The first-order chi connectivity index (χ1) is 8.06. The Morgan fingerprint density at radius 3 is 3.12 bits per heavy atom. The molecule has 1 aliphatic heterocycles. The fraction of sp³-hybridized carbons (Fsp3) is 0.818. The molecule has 1 amide bonds. The smallest absolute Gasteiger partial charge is 0.243 e. The summed E-state index contributed by atoms with van der Waals surface area (Å²) >= 11 is 1.74. The van der Waals surface area contributed by atoms with Crippen molar-refractivity contribution in [2.45, 2.75) is 32.2 Å². The highest BCUT2D eigenvalue weighted by molar-refractivity contribution is 8.13. The normalized spacial score (nSPS) is 26.8. The molecule has 1 heterocycles. The minimum atomic E-state index is -0.443. The van der Waals surface area contributed by atoms with Crippen LogP contribution in [0.25, 0.3) is 0 Å². The van der Waals surface area contributed by atoms with Crippen LogP contribution >= 0.6 is 11.8 Å². The van der Waals surface area contributed by atoms with Crippen molar-refractivity contribution in [3.63, 3.8) is 0 Å². The molecular weight excluding hydrogens is 238 g/mol. The maximum Gasteiger partial charge on any atom is 0.243 e. The number of hydrogen-bond donors (Lipinski definition) is 2. The molecule has 1 aliphatic rings. The van der Waals surface area contributed by atoms with Gasteiger partial charge >= 0.3 is 0 Å². The summed E-state index contributed by atoms with van der Waals surface area (Å²) in [6, 6.07) is 0. The number of amides is 1. The Kier molecular flexibility index (Phi) is 5.77. The third-order valence-corrected chi connectivity index (χ3v) is 3.73. The molecule has 0 spiro atoms. The maximum absolute atomic E-state index is 10.4. The van der Waals surface area contributed by atoms with Gasteiger partial charge < -0.3 is 15.8 Å². The van der Waals surface area contributed by atoms with Crippen LogP contribution in [0.4, 0.5) is 0 Å². The van der Waals surface area contributed by atoms with Gasteiger partial charge in [-0.3, -0.25) is 9.79 Å². The van der Waals surface area contributed by atoms with Gasteiger partial charge in [-0.15, -0.1) is 0 Å². The van der Waals surface area contributed by atoms with Crippen molar-refractivity contribution in [2.75, 3.05) is 25.5 Å². The number of nitrogens with one attached hydrogen (secondary N) is 1. The average Bonchev–Trinajstić information content (AvgIpc) is 2.28. The highest BCUT2D eigenvalue weighted by atomic mass is 32.2. The summed E-state index contributed by atoms with van der Waals surface area (Å²) in [6.45, 7) is 5.35. The first kappa shape index (κ1) is 14.3. The largest absolute Gasteiger partial charge is 0.370 e. The van der Waals surface area contributed by atoms with Crippen molar-refractivity contribution in [1.29, 1.82) is 0 Å². The molecule has 1 saturated heterocycles. The molecule has 5 nitrogen and oxygen atoms in total. The zero-order valence-corrected chi connectivity index (χ0v) is 11.3. The maximum atomic E-state index is 10.4. The zero-order valence-electron chi connectivity index (χ0n) is 10.5. The molecule has 0 radical (unpaired) electrons. The van der Waals surface area contributed by atoms with Crippen LogP contribution in [0.15, 0.2) is 4.99 Å². The number of carbonyl (C=O) groups is 1. The van der Waals surface area contributed by atoms with E-state index in [0.717, 1.165) is 23.8 Å². The van der Waals surface area contributed by atoms with E-state index < -0.39 is 5.91 Å². The number of hydrogen-bond acceptors (Lipinski definition) is 4. The first-order valence-corrected chi connectivity index (χ1v) is 6.86. The van der Waals surface area contributed by atoms with Gasteiger partial charge in [-0.05, 0) is 19.8 Å². The fourth-order valence-electron chi connectivity index (χ4n) is 1.46. The van der Waals surface area contributed by atoms with E-state index in [1.807, 2.05) is 0 Å². The van der Waals surface area contributed by atoms with Gasteiger partial charge in [-0.25, -0.2) is 0 Å². The van der Waals surface area contributed by atoms with E-state index in [1.54, 1.807) is 11.8 Å². The lowest BCUT2D eigenvalue weighted by Crippen LogP contribution is -2.48. The first-order valence-electron chi connectivity index (χ1n) is 5.87. The van der Waals surface area contributed by atoms with E-state index in [9.17, 15) is 4.79 Å². The molecule has 1 fully saturated rings. The van der Waals surface area contributed by atoms with E-state index >= 15 is 0 Å². The summed E-state index contributed by atoms with van der Waals surface area (Å²) in [6.07, 6.45) is 2.25. The summed E-state index contributed by atoms with van der Waals surface area (Å²) < 4.78 is 5.05. The Morgan fingerprint density at radius 1 is 1.71 bits per heavy atom. The van der Waals surface area contributed by atoms with E-state index in [0.29, 0.717) is 13.2 Å². The highest BCUT2D eigenvalue weighted by Gasteiger charge is 2.27. The molecule has 1 rings (SSSR count). The van der Waals surface area contributed by atoms with Crippen molar-refractivity contribution in [1.82, 2.24) is 5.32 Å². The van der Waals surface area contributed by atoms with Crippen LogP contribution in [-0.2, 0) is 9.53 Å². The van der Waals surface area contributed by atoms with E-state index in [1.165, 1.54) is 0 Å². The third kappa shape index (κ3) is 5.41. The summed E-state index contributed by atoms with van der Waals surface area (Å²) in [7, 11) is 0. The molecular formula is C11H21N3O2S. The second kappa shape index (κ2) is 6.86. The second-order valence-electron chi connectivity index (χ2n) is 4.34. The Hall–Kier alpha value is -0.750. The predicted molar refractivity (Wildman–Crippen MR) is 71.2 cm³/mol. The number of nitrogens with zero attached hydrogens (tertiary/aromatic N) is 1. The topological polar surface area (TPSA) is 76.7 Å². The van der Waals surface area contributed by atoms with Crippen molar-refractivity contribution in [2.24, 2.45) is 10.7 Å². The van der Waals surface area contributed by atoms with Gasteiger partial charge in [0, 0.05) is 11.3 Å². The molecule has 6 heteroatoms. The van der Waals surface area contributed by atoms with Gasteiger partial charge in [0.25, 0.3) is 0 Å². The van der Waals surface area contributed by atoms with Crippen molar-refractivity contribution < 1.29 is 9.53 Å². The van der Waals surface area contributed by atoms with E-state index in [-0.39, 0.29) is 12.1 Å². The van der Waals surface area contributed by atoms with Gasteiger partial charge in [0.05, 0.1) is 13.2 Å². The summed E-state index contributed by atoms with van der Waals surface area (Å²) in [4.78, 5) is 14.8. The van der Waals surface area contributed by atoms with Crippen LogP contribution in [-0.4, -0.2) is 42.1 Å². The second-order valence-corrected chi connectivity index (χ2v) is 5.43. The minimum Gasteiger partial charge on any atom is -0.370 e. The fourth-order valence-corrected chi connectivity index (χ4v) is 2.71. The van der Waals surface area contributed by atoms with Crippen LogP contribution in [0.1, 0.15) is 26.7 Å². The number of ether oxygens (including phenoxy) is 1. The summed E-state index contributed by atoms with van der Waals surface area (Å²) in [5.41, 5.74) is 5.12. The quantitative estimate of drug-likeness (QED) is 0.690. The van der Waals surface area contributed by atoms with Gasteiger partial charge in [0.2, 0.25) is 5.91 Å². The van der Waals surface area contributed by atoms with Crippen LogP contribution in [0.5, 0.6) is 0 Å². The average molecular weight is 259 g/mol. The molecule has 0 bridgehead atoms. The standard InChI is InChI=1S/C11H21N3O2S/c1-3-11(2)4-7-17-10(14-11)13-5-6-16-8-9(12)15/h3-8H2,1-2H3,(H2,12,15)(H,13,14). The summed E-state index contributed by atoms with van der Waals surface area (Å²) in [5.74, 6) is 0.652. The molecule has 0 aromatic rings. The van der Waals surface area contributed by atoms with Crippen LogP contribution in [0, 0.1) is 0 Å². The molecule has 17 heavy (non-hydrogen) atoms. The van der Waals surface area contributed by atoms with Crippen LogP contribution in [0.2, 0.25) is 0 Å². The lowest BCUT2D eigenvalue weighted by atomic mass is 9.96. The van der Waals surface area contributed by atoms with Crippen molar-refractivity contribution in [3.8, 4) is 0 Å². The molecule has 1 atom stereocenters. The Labute approximate surface area is 107 Å². The number of amidine groups is 1. The van der Waals surface area contributed by atoms with Gasteiger partial charge in [0.1, 0.15) is 6.61 Å². The molecule has 0 aromatic heterocycles. The number of rotatable bonds is 6. The Morgan fingerprint density at radius 2 is 2.47 bits per heavy atom. The lowest BCUT2D eigenvalue weighted by Gasteiger charge is -2.35. The van der Waals surface area contributed by atoms with Gasteiger partial charge in [0.15, 0.2) is 5.17 Å². The molecule has 98 valence electrons. The van der Waals surface area contributed by atoms with Crippen molar-refractivity contribution >= 4 is 22.8 Å². The number of carbonyl (C=O) groups excluding carboxylic acids is 1. The number of primary amides is 1. The number of nitrogens with two attached hydrogens (primary N) is 1. The van der Waals surface area contributed by atoms with E-state index in [2.05, 4.69) is 24.2 Å². The predicted octanol–water partition coefficient (Wildman–Crippen LogP) is 0.740. The molecule has 0 aliphatic carbocycles. The Balaban J connectivity index is 2.27. The van der Waals surface area contributed by atoms with Gasteiger partial charge in [-0.2, -0.15) is 0 Å². The number of aliphatic imine (C=N–C) groups is 1. The Bertz CT molecular complexity index is 296. The van der Waals surface area contributed by atoms with Crippen LogP contribution < -0.4 is 11.1 Å². The van der Waals surface area contributed by atoms with Crippen LogP contribution in [0.3, 0.4) is 0 Å². The minimum absolute atomic E-state index is 0.0297. The summed E-state index contributed by atoms with van der Waals surface area (Å²) in [5, 5.41) is 4.42. The zero-order chi connectivity index (χ0) is 12.7. The molecule has 0 aromatic carbocycles. The molecule has 1 unspecified atom stereocenters. The van der Waals surface area contributed by atoms with E-state index in [4.69, 9.17) is 10.5 Å². The van der Waals surface area contributed by atoms with Gasteiger partial charge in [-0.1, -0.05) is 18.7 Å². The number of thioether (sulfide) groups is 1. The monoisotopic (exact) mass is 259 g/mol.